The highest BCUT2D eigenvalue weighted by Gasteiger charge is 2.28. The molecule has 27 heavy (non-hydrogen) atoms. The molecule has 1 saturated heterocycles. The van der Waals surface area contributed by atoms with Crippen molar-refractivity contribution in [3.63, 3.8) is 0 Å². The van der Waals surface area contributed by atoms with E-state index in [4.69, 9.17) is 16.0 Å². The number of halogens is 1. The number of fused-ring (bicyclic) bond motifs is 1. The number of sulfonamides is 1. The van der Waals surface area contributed by atoms with Crippen LogP contribution in [-0.4, -0.2) is 48.8 Å². The maximum absolute atomic E-state index is 12.7. The molecule has 0 aliphatic carbocycles. The molecule has 0 amide bonds. The summed E-state index contributed by atoms with van der Waals surface area (Å²) >= 11 is 5.85. The number of aromatic nitrogens is 1. The summed E-state index contributed by atoms with van der Waals surface area (Å²) in [5, 5.41) is 0.521. The van der Waals surface area contributed by atoms with Crippen LogP contribution in [0.25, 0.3) is 11.1 Å². The Kier molecular flexibility index (Phi) is 4.94. The molecule has 1 aromatic heterocycles. The van der Waals surface area contributed by atoms with Crippen LogP contribution in [0.3, 0.4) is 0 Å². The monoisotopic (exact) mass is 405 g/mol. The fourth-order valence-corrected chi connectivity index (χ4v) is 4.77. The van der Waals surface area contributed by atoms with Gasteiger partial charge in [0.25, 0.3) is 0 Å². The van der Waals surface area contributed by atoms with E-state index in [1.165, 1.54) is 4.31 Å². The van der Waals surface area contributed by atoms with Gasteiger partial charge in [0, 0.05) is 31.2 Å². The average molecular weight is 406 g/mol. The number of hydrogen-bond acceptors (Lipinski definition) is 5. The molecule has 1 fully saturated rings. The van der Waals surface area contributed by atoms with Gasteiger partial charge in [-0.2, -0.15) is 4.31 Å². The normalized spacial score (nSPS) is 16.8. The van der Waals surface area contributed by atoms with Crippen LogP contribution in [0.15, 0.2) is 51.8 Å². The van der Waals surface area contributed by atoms with Gasteiger partial charge in [0.05, 0.1) is 11.4 Å². The molecule has 0 N–H and O–H groups in total. The number of hydrogen-bond donors (Lipinski definition) is 0. The summed E-state index contributed by atoms with van der Waals surface area (Å²) in [5.41, 5.74) is 2.76. The second-order valence-electron chi connectivity index (χ2n) is 6.71. The zero-order valence-electron chi connectivity index (χ0n) is 14.9. The first-order valence-corrected chi connectivity index (χ1v) is 10.6. The SMILES string of the molecule is Cc1ccc2nc(CN3CCN(S(=O)(=O)c4ccc(Cl)cc4)CC3)oc2c1. The van der Waals surface area contributed by atoms with E-state index in [0.29, 0.717) is 43.6 Å². The van der Waals surface area contributed by atoms with Gasteiger partial charge in [0.2, 0.25) is 15.9 Å². The van der Waals surface area contributed by atoms with E-state index in [2.05, 4.69) is 9.88 Å². The molecule has 0 spiro atoms. The Morgan fingerprint density at radius 1 is 1.07 bits per heavy atom. The first-order chi connectivity index (χ1) is 12.9. The van der Waals surface area contributed by atoms with Gasteiger partial charge < -0.3 is 4.42 Å². The minimum absolute atomic E-state index is 0.273. The molecule has 0 radical (unpaired) electrons. The third-order valence-corrected chi connectivity index (χ3v) is 6.89. The lowest BCUT2D eigenvalue weighted by atomic mass is 10.2. The minimum Gasteiger partial charge on any atom is -0.439 e. The van der Waals surface area contributed by atoms with Gasteiger partial charge in [-0.05, 0) is 48.9 Å². The van der Waals surface area contributed by atoms with E-state index in [-0.39, 0.29) is 4.90 Å². The van der Waals surface area contributed by atoms with Gasteiger partial charge in [0.1, 0.15) is 5.52 Å². The molecule has 8 heteroatoms. The number of oxazole rings is 1. The average Bonchev–Trinajstić information content (AvgIpc) is 3.04. The molecule has 1 aliphatic rings. The summed E-state index contributed by atoms with van der Waals surface area (Å²) in [6.07, 6.45) is 0. The van der Waals surface area contributed by atoms with Crippen molar-refractivity contribution in [2.75, 3.05) is 26.2 Å². The van der Waals surface area contributed by atoms with Gasteiger partial charge in [-0.15, -0.1) is 0 Å². The zero-order valence-corrected chi connectivity index (χ0v) is 16.5. The number of nitrogens with zero attached hydrogens (tertiary/aromatic N) is 3. The van der Waals surface area contributed by atoms with Crippen LogP contribution in [0.2, 0.25) is 5.02 Å². The van der Waals surface area contributed by atoms with Crippen LogP contribution >= 0.6 is 11.6 Å². The van der Waals surface area contributed by atoms with Gasteiger partial charge in [-0.3, -0.25) is 4.90 Å². The van der Waals surface area contributed by atoms with Gasteiger partial charge in [-0.1, -0.05) is 17.7 Å². The van der Waals surface area contributed by atoms with Crippen LogP contribution in [0, 0.1) is 6.92 Å². The molecule has 142 valence electrons. The number of benzene rings is 2. The molecular formula is C19H20ClN3O3S. The third-order valence-electron chi connectivity index (χ3n) is 4.73. The molecule has 0 atom stereocenters. The van der Waals surface area contributed by atoms with Gasteiger partial charge in [0.15, 0.2) is 5.58 Å². The van der Waals surface area contributed by atoms with E-state index >= 15 is 0 Å². The Balaban J connectivity index is 1.41. The zero-order chi connectivity index (χ0) is 19.0. The first-order valence-electron chi connectivity index (χ1n) is 8.76. The molecule has 0 unspecified atom stereocenters. The lowest BCUT2D eigenvalue weighted by Crippen LogP contribution is -2.48. The maximum atomic E-state index is 12.7. The third kappa shape index (κ3) is 3.87. The summed E-state index contributed by atoms with van der Waals surface area (Å²) in [5.74, 6) is 0.657. The lowest BCUT2D eigenvalue weighted by molar-refractivity contribution is 0.169. The van der Waals surface area contributed by atoms with Crippen LogP contribution < -0.4 is 0 Å². The quantitative estimate of drug-likeness (QED) is 0.666. The highest BCUT2D eigenvalue weighted by atomic mass is 35.5. The van der Waals surface area contributed by atoms with Crippen molar-refractivity contribution in [1.82, 2.24) is 14.2 Å². The van der Waals surface area contributed by atoms with E-state index in [1.54, 1.807) is 24.3 Å². The molecule has 3 aromatic rings. The van der Waals surface area contributed by atoms with E-state index < -0.39 is 10.0 Å². The second-order valence-corrected chi connectivity index (χ2v) is 9.09. The summed E-state index contributed by atoms with van der Waals surface area (Å²) in [6, 6.07) is 12.2. The first kappa shape index (κ1) is 18.4. The fourth-order valence-electron chi connectivity index (χ4n) is 3.22. The molecule has 4 rings (SSSR count). The van der Waals surface area contributed by atoms with E-state index in [9.17, 15) is 8.42 Å². The molecule has 6 nitrogen and oxygen atoms in total. The molecule has 0 saturated carbocycles. The lowest BCUT2D eigenvalue weighted by Gasteiger charge is -2.33. The van der Waals surface area contributed by atoms with Crippen LogP contribution in [-0.2, 0) is 16.6 Å². The molecule has 0 bridgehead atoms. The second kappa shape index (κ2) is 7.24. The predicted molar refractivity (Wildman–Crippen MR) is 104 cm³/mol. The smallest absolute Gasteiger partial charge is 0.243 e. The van der Waals surface area contributed by atoms with Crippen molar-refractivity contribution in [2.45, 2.75) is 18.4 Å². The number of aryl methyl sites for hydroxylation is 1. The highest BCUT2D eigenvalue weighted by molar-refractivity contribution is 7.89. The Bertz CT molecular complexity index is 1060. The molecule has 2 aromatic carbocycles. The predicted octanol–water partition coefficient (Wildman–Crippen LogP) is 3.30. The Labute approximate surface area is 163 Å². The molecular weight excluding hydrogens is 386 g/mol. The maximum Gasteiger partial charge on any atom is 0.243 e. The fraction of sp³-hybridized carbons (Fsp3) is 0.316. The van der Waals surface area contributed by atoms with Gasteiger partial charge >= 0.3 is 0 Å². The van der Waals surface area contributed by atoms with E-state index in [0.717, 1.165) is 16.7 Å². The summed E-state index contributed by atoms with van der Waals surface area (Å²) in [7, 11) is -3.49. The summed E-state index contributed by atoms with van der Waals surface area (Å²) < 4.78 is 32.8. The number of piperazine rings is 1. The largest absolute Gasteiger partial charge is 0.439 e. The summed E-state index contributed by atoms with van der Waals surface area (Å²) in [6.45, 7) is 4.72. The topological polar surface area (TPSA) is 66.7 Å². The van der Waals surface area contributed by atoms with Crippen molar-refractivity contribution >= 4 is 32.7 Å². The van der Waals surface area contributed by atoms with Crippen molar-refractivity contribution in [3.05, 3.63) is 58.9 Å². The Morgan fingerprint density at radius 3 is 2.48 bits per heavy atom. The standard InChI is InChI=1S/C19H20ClN3O3S/c1-14-2-7-17-18(12-14)26-19(21-17)13-22-8-10-23(11-9-22)27(24,25)16-5-3-15(20)4-6-16/h2-7,12H,8-11,13H2,1H3. The van der Waals surface area contributed by atoms with E-state index in [1.807, 2.05) is 25.1 Å². The molecule has 2 heterocycles. The summed E-state index contributed by atoms with van der Waals surface area (Å²) in [4.78, 5) is 6.95. The van der Waals surface area contributed by atoms with Crippen molar-refractivity contribution < 1.29 is 12.8 Å². The Hall–Kier alpha value is -1.93. The van der Waals surface area contributed by atoms with Crippen LogP contribution in [0.1, 0.15) is 11.5 Å². The number of rotatable bonds is 4. The van der Waals surface area contributed by atoms with Crippen LogP contribution in [0.4, 0.5) is 0 Å². The molecule has 1 aliphatic heterocycles. The van der Waals surface area contributed by atoms with Crippen molar-refractivity contribution in [1.29, 1.82) is 0 Å². The highest BCUT2D eigenvalue weighted by Crippen LogP contribution is 2.22. The Morgan fingerprint density at radius 2 is 1.78 bits per heavy atom. The van der Waals surface area contributed by atoms with Crippen LogP contribution in [0.5, 0.6) is 0 Å². The van der Waals surface area contributed by atoms with Gasteiger partial charge in [-0.25, -0.2) is 13.4 Å². The minimum atomic E-state index is -3.49. The van der Waals surface area contributed by atoms with Crippen molar-refractivity contribution in [3.8, 4) is 0 Å². The van der Waals surface area contributed by atoms with Crippen molar-refractivity contribution in [2.24, 2.45) is 0 Å².